The van der Waals surface area contributed by atoms with Crippen molar-refractivity contribution < 1.29 is 28.7 Å². The van der Waals surface area contributed by atoms with Crippen molar-refractivity contribution in [3.8, 4) is 0 Å². The van der Waals surface area contributed by atoms with E-state index in [4.69, 9.17) is 10.5 Å². The third-order valence-corrected chi connectivity index (χ3v) is 5.22. The number of halogens is 1. The molecule has 2 aromatic carbocycles. The molecule has 178 valence electrons. The maximum Gasteiger partial charge on any atom is 0.273 e. The summed E-state index contributed by atoms with van der Waals surface area (Å²) in [6, 6.07) is 8.49. The topological polar surface area (TPSA) is 131 Å². The molecule has 3 atom stereocenters. The van der Waals surface area contributed by atoms with Crippen LogP contribution >= 0.6 is 0 Å². The molecule has 0 aliphatic rings. The highest BCUT2D eigenvalue weighted by atomic mass is 19.1. The van der Waals surface area contributed by atoms with Crippen LogP contribution in [0, 0.1) is 17.2 Å². The fourth-order valence-corrected chi connectivity index (χ4v) is 3.56. The Hall–Kier alpha value is -3.30. The molecule has 0 fully saturated rings. The summed E-state index contributed by atoms with van der Waals surface area (Å²) in [4.78, 5) is 37.7. The molecular weight excluding hydrogens is 429 g/mol. The van der Waals surface area contributed by atoms with Gasteiger partial charge in [-0.1, -0.05) is 51.1 Å². The fraction of sp³-hybridized carbons (Fsp3) is 0.375. The molecule has 0 radical (unpaired) electrons. The quantitative estimate of drug-likeness (QED) is 0.246. The number of carbonyl (C=O) groups excluding carboxylic acids is 3. The molecule has 0 heterocycles. The van der Waals surface area contributed by atoms with Crippen LogP contribution in [0.1, 0.15) is 26.3 Å². The number of primary amides is 1. The van der Waals surface area contributed by atoms with Crippen molar-refractivity contribution in [2.45, 2.75) is 39.3 Å². The van der Waals surface area contributed by atoms with Crippen LogP contribution in [0.5, 0.6) is 0 Å². The van der Waals surface area contributed by atoms with E-state index < -0.39 is 41.2 Å². The second-order valence-corrected chi connectivity index (χ2v) is 8.87. The molecule has 0 unspecified atom stereocenters. The molecule has 0 aliphatic heterocycles. The van der Waals surface area contributed by atoms with Crippen molar-refractivity contribution in [1.29, 1.82) is 0 Å². The number of hydrogen-bond acceptors (Lipinski definition) is 5. The minimum Gasteiger partial charge on any atom is -0.368 e. The summed E-state index contributed by atoms with van der Waals surface area (Å²) >= 11 is 0. The minimum atomic E-state index is -1.38. The monoisotopic (exact) mass is 459 g/mol. The van der Waals surface area contributed by atoms with E-state index in [0.29, 0.717) is 10.9 Å². The number of hydrogen-bond donors (Lipinski definition) is 4. The number of ether oxygens (including phenoxy) is 1. The maximum atomic E-state index is 13.5. The fourth-order valence-electron chi connectivity index (χ4n) is 3.56. The molecule has 0 aromatic heterocycles. The van der Waals surface area contributed by atoms with E-state index >= 15 is 0 Å². The Morgan fingerprint density at radius 2 is 1.79 bits per heavy atom. The second-order valence-electron chi connectivity index (χ2n) is 8.87. The van der Waals surface area contributed by atoms with Crippen molar-refractivity contribution in [2.24, 2.45) is 17.1 Å². The first-order valence-electron chi connectivity index (χ1n) is 10.4. The van der Waals surface area contributed by atoms with Crippen molar-refractivity contribution >= 4 is 28.5 Å². The molecule has 0 spiro atoms. The number of rotatable bonds is 10. The van der Waals surface area contributed by atoms with Crippen LogP contribution in [0.3, 0.4) is 0 Å². The summed E-state index contributed by atoms with van der Waals surface area (Å²) in [5.41, 5.74) is 7.00. The van der Waals surface area contributed by atoms with Gasteiger partial charge in [-0.25, -0.2) is 9.87 Å². The Morgan fingerprint density at radius 3 is 2.36 bits per heavy atom. The van der Waals surface area contributed by atoms with Gasteiger partial charge in [-0.2, -0.15) is 0 Å². The van der Waals surface area contributed by atoms with Crippen LogP contribution in [-0.2, 0) is 25.5 Å². The molecule has 9 heteroatoms. The van der Waals surface area contributed by atoms with Gasteiger partial charge in [0.2, 0.25) is 11.8 Å². The molecule has 0 saturated carbocycles. The zero-order chi connectivity index (χ0) is 24.8. The number of hydroxylamine groups is 1. The lowest BCUT2D eigenvalue weighted by Gasteiger charge is -2.32. The Morgan fingerprint density at radius 1 is 1.15 bits per heavy atom. The van der Waals surface area contributed by atoms with E-state index in [1.165, 1.54) is 23.7 Å². The lowest BCUT2D eigenvalue weighted by atomic mass is 9.85. The molecule has 8 nitrogen and oxygen atoms in total. The van der Waals surface area contributed by atoms with Crippen molar-refractivity contribution in [3.63, 3.8) is 0 Å². The summed E-state index contributed by atoms with van der Waals surface area (Å²) in [6.45, 7) is 8.71. The molecule has 3 amide bonds. The Balaban J connectivity index is 2.45. The van der Waals surface area contributed by atoms with Gasteiger partial charge in [-0.05, 0) is 40.3 Å². The molecule has 0 bridgehead atoms. The van der Waals surface area contributed by atoms with Crippen molar-refractivity contribution in [1.82, 2.24) is 10.8 Å². The van der Waals surface area contributed by atoms with Crippen molar-refractivity contribution in [3.05, 3.63) is 60.4 Å². The van der Waals surface area contributed by atoms with Gasteiger partial charge in [-0.15, -0.1) is 6.58 Å². The van der Waals surface area contributed by atoms with Gasteiger partial charge >= 0.3 is 0 Å². The van der Waals surface area contributed by atoms with Gasteiger partial charge < -0.3 is 15.8 Å². The zero-order valence-corrected chi connectivity index (χ0v) is 18.9. The molecular formula is C24H30FN3O5. The van der Waals surface area contributed by atoms with E-state index in [1.807, 2.05) is 0 Å². The number of carbonyl (C=O) groups is 3. The van der Waals surface area contributed by atoms with Crippen molar-refractivity contribution in [2.75, 3.05) is 6.61 Å². The summed E-state index contributed by atoms with van der Waals surface area (Å²) in [7, 11) is 0. The first-order chi connectivity index (χ1) is 15.5. The average molecular weight is 460 g/mol. The zero-order valence-electron chi connectivity index (χ0n) is 18.9. The van der Waals surface area contributed by atoms with Gasteiger partial charge in [0.25, 0.3) is 5.91 Å². The number of amides is 3. The molecule has 2 rings (SSSR count). The predicted octanol–water partition coefficient (Wildman–Crippen LogP) is 2.23. The van der Waals surface area contributed by atoms with E-state index in [2.05, 4.69) is 11.9 Å². The first kappa shape index (κ1) is 26.0. The van der Waals surface area contributed by atoms with E-state index in [-0.39, 0.29) is 18.8 Å². The molecule has 0 saturated heterocycles. The number of benzene rings is 2. The number of fused-ring (bicyclic) bond motifs is 1. The molecule has 0 aliphatic carbocycles. The largest absolute Gasteiger partial charge is 0.368 e. The van der Waals surface area contributed by atoms with Crippen LogP contribution in [0.25, 0.3) is 10.8 Å². The van der Waals surface area contributed by atoms with Crippen LogP contribution in [0.2, 0.25) is 0 Å². The standard InChI is InChI=1S/C24H30FN3O5/c1-5-10-33-19(23(31)28-32)18(22(30)27-20(21(26)29)24(2,3)4)12-14-6-7-16-13-17(25)9-8-15(16)11-14/h5-9,11,13,18-20,32H,1,10,12H2,2-4H3,(H2,26,29)(H,27,30)(H,28,31)/t18-,19+,20-/m1/s1. The summed E-state index contributed by atoms with van der Waals surface area (Å²) in [5, 5.41) is 13.3. The normalized spacial score (nSPS) is 14.2. The van der Waals surface area contributed by atoms with Crippen LogP contribution in [0.4, 0.5) is 4.39 Å². The SMILES string of the molecule is C=CCO[C@H](C(=O)NO)[C@@H](Cc1ccc2cc(F)ccc2c1)C(=O)N[C@H](C(N)=O)C(C)(C)C. The first-order valence-corrected chi connectivity index (χ1v) is 10.4. The average Bonchev–Trinajstić information content (AvgIpc) is 2.75. The Kier molecular flexibility index (Phi) is 8.67. The third kappa shape index (κ3) is 6.84. The van der Waals surface area contributed by atoms with E-state index in [9.17, 15) is 24.0 Å². The van der Waals surface area contributed by atoms with Gasteiger partial charge in [0.05, 0.1) is 12.5 Å². The maximum absolute atomic E-state index is 13.5. The van der Waals surface area contributed by atoms with Gasteiger partial charge in [-0.3, -0.25) is 19.6 Å². The van der Waals surface area contributed by atoms with Crippen LogP contribution < -0.4 is 16.5 Å². The second kappa shape index (κ2) is 11.0. The van der Waals surface area contributed by atoms with Crippen LogP contribution in [0.15, 0.2) is 49.1 Å². The predicted molar refractivity (Wildman–Crippen MR) is 122 cm³/mol. The minimum absolute atomic E-state index is 0.0318. The Bertz CT molecular complexity index is 1030. The highest BCUT2D eigenvalue weighted by molar-refractivity contribution is 5.92. The number of nitrogens with two attached hydrogens (primary N) is 1. The lowest BCUT2D eigenvalue weighted by molar-refractivity contribution is -0.150. The molecule has 33 heavy (non-hydrogen) atoms. The lowest BCUT2D eigenvalue weighted by Crippen LogP contribution is -2.56. The van der Waals surface area contributed by atoms with Gasteiger partial charge in [0.1, 0.15) is 11.9 Å². The summed E-state index contributed by atoms with van der Waals surface area (Å²) in [5.74, 6) is -3.79. The van der Waals surface area contributed by atoms with Crippen LogP contribution in [-0.4, -0.2) is 41.7 Å². The highest BCUT2D eigenvalue weighted by Crippen LogP contribution is 2.24. The van der Waals surface area contributed by atoms with E-state index in [0.717, 1.165) is 5.39 Å². The third-order valence-electron chi connectivity index (χ3n) is 5.22. The molecule has 5 N–H and O–H groups in total. The number of nitrogens with one attached hydrogen (secondary N) is 2. The van der Waals surface area contributed by atoms with E-state index in [1.54, 1.807) is 45.0 Å². The summed E-state index contributed by atoms with van der Waals surface area (Å²) < 4.78 is 19.0. The van der Waals surface area contributed by atoms with Gasteiger partial charge in [0, 0.05) is 0 Å². The highest BCUT2D eigenvalue weighted by Gasteiger charge is 2.38. The smallest absolute Gasteiger partial charge is 0.273 e. The molecule has 2 aromatic rings. The summed E-state index contributed by atoms with van der Waals surface area (Å²) in [6.07, 6.45) is 0.0492. The Labute approximate surface area is 191 Å². The van der Waals surface area contributed by atoms with Gasteiger partial charge in [0.15, 0.2) is 6.10 Å².